The van der Waals surface area contributed by atoms with Crippen molar-refractivity contribution >= 4 is 28.6 Å². The SMILES string of the molecule is CC1SC(=O)NN=C1C1=CC=CC2C(=C1)CCCN2C(=O)C1CC1. The molecule has 2 heterocycles. The Balaban J connectivity index is 1.61. The van der Waals surface area contributed by atoms with E-state index >= 15 is 0 Å². The molecule has 0 spiro atoms. The van der Waals surface area contributed by atoms with Crippen molar-refractivity contribution in [2.24, 2.45) is 11.0 Å². The van der Waals surface area contributed by atoms with Gasteiger partial charge in [0.05, 0.1) is 17.0 Å². The third-order valence-corrected chi connectivity index (χ3v) is 5.81. The highest BCUT2D eigenvalue weighted by Gasteiger charge is 2.38. The van der Waals surface area contributed by atoms with E-state index in [0.29, 0.717) is 5.91 Å². The molecule has 5 nitrogen and oxygen atoms in total. The maximum absolute atomic E-state index is 12.6. The summed E-state index contributed by atoms with van der Waals surface area (Å²) in [7, 11) is 0. The Kier molecular flexibility index (Phi) is 4.08. The van der Waals surface area contributed by atoms with Crippen LogP contribution in [0.25, 0.3) is 0 Å². The predicted molar refractivity (Wildman–Crippen MR) is 95.8 cm³/mol. The molecule has 4 aliphatic rings. The molecule has 2 aliphatic heterocycles. The van der Waals surface area contributed by atoms with Crippen molar-refractivity contribution in [2.45, 2.75) is 43.9 Å². The maximum atomic E-state index is 12.6. The minimum absolute atomic E-state index is 0.0274. The Bertz CT molecular complexity index is 703. The van der Waals surface area contributed by atoms with E-state index < -0.39 is 0 Å². The first-order valence-corrected chi connectivity index (χ1v) is 9.45. The lowest BCUT2D eigenvalue weighted by atomic mass is 9.93. The lowest BCUT2D eigenvalue weighted by molar-refractivity contribution is -0.134. The highest BCUT2D eigenvalue weighted by molar-refractivity contribution is 8.14. The van der Waals surface area contributed by atoms with Crippen molar-refractivity contribution in [1.82, 2.24) is 10.3 Å². The van der Waals surface area contributed by atoms with Gasteiger partial charge in [0.1, 0.15) is 0 Å². The van der Waals surface area contributed by atoms with Gasteiger partial charge in [-0.3, -0.25) is 9.59 Å². The molecule has 2 atom stereocenters. The van der Waals surface area contributed by atoms with E-state index in [9.17, 15) is 9.59 Å². The molecule has 0 aromatic heterocycles. The van der Waals surface area contributed by atoms with E-state index in [2.05, 4.69) is 22.7 Å². The second-order valence-corrected chi connectivity index (χ2v) is 8.05. The number of allylic oxidation sites excluding steroid dienone is 4. The molecule has 2 aliphatic carbocycles. The molecule has 1 saturated carbocycles. The minimum atomic E-state index is -0.111. The second-order valence-electron chi connectivity index (χ2n) is 6.74. The largest absolute Gasteiger partial charge is 0.332 e. The summed E-state index contributed by atoms with van der Waals surface area (Å²) in [5.74, 6) is 0.563. The number of amides is 2. The molecule has 1 saturated heterocycles. The fraction of sp³-hybridized carbons (Fsp3) is 0.500. The predicted octanol–water partition coefficient (Wildman–Crippen LogP) is 3.01. The first-order chi connectivity index (χ1) is 11.6. The monoisotopic (exact) mass is 343 g/mol. The number of nitrogens with zero attached hydrogens (tertiary/aromatic N) is 2. The molecule has 1 N–H and O–H groups in total. The first-order valence-electron chi connectivity index (χ1n) is 8.57. The number of hydrazone groups is 1. The highest BCUT2D eigenvalue weighted by Crippen LogP contribution is 2.36. The lowest BCUT2D eigenvalue weighted by Crippen LogP contribution is -2.44. The fourth-order valence-corrected chi connectivity index (χ4v) is 4.27. The van der Waals surface area contributed by atoms with Gasteiger partial charge in [-0.05, 0) is 43.8 Å². The van der Waals surface area contributed by atoms with Gasteiger partial charge in [0.25, 0.3) is 5.24 Å². The topological polar surface area (TPSA) is 61.8 Å². The van der Waals surface area contributed by atoms with E-state index in [1.54, 1.807) is 0 Å². The zero-order valence-electron chi connectivity index (χ0n) is 13.7. The molecule has 4 rings (SSSR count). The zero-order chi connectivity index (χ0) is 16.7. The lowest BCUT2D eigenvalue weighted by Gasteiger charge is -2.36. The Morgan fingerprint density at radius 1 is 1.42 bits per heavy atom. The van der Waals surface area contributed by atoms with Crippen LogP contribution >= 0.6 is 11.8 Å². The molecule has 0 bridgehead atoms. The van der Waals surface area contributed by atoms with E-state index in [0.717, 1.165) is 43.5 Å². The van der Waals surface area contributed by atoms with Gasteiger partial charge < -0.3 is 4.90 Å². The fourth-order valence-electron chi connectivity index (χ4n) is 3.55. The van der Waals surface area contributed by atoms with E-state index in [1.165, 1.54) is 17.3 Å². The van der Waals surface area contributed by atoms with Gasteiger partial charge in [-0.15, -0.1) is 0 Å². The van der Waals surface area contributed by atoms with E-state index in [4.69, 9.17) is 0 Å². The van der Waals surface area contributed by atoms with Gasteiger partial charge in [-0.25, -0.2) is 5.43 Å². The van der Waals surface area contributed by atoms with Crippen LogP contribution in [0.3, 0.4) is 0 Å². The second kappa shape index (κ2) is 6.24. The van der Waals surface area contributed by atoms with Gasteiger partial charge in [0.15, 0.2) is 0 Å². The highest BCUT2D eigenvalue weighted by atomic mass is 32.2. The first kappa shape index (κ1) is 15.7. The summed E-state index contributed by atoms with van der Waals surface area (Å²) in [6.07, 6.45) is 12.5. The number of fused-ring (bicyclic) bond motifs is 1. The summed E-state index contributed by atoms with van der Waals surface area (Å²) < 4.78 is 0. The van der Waals surface area contributed by atoms with Crippen molar-refractivity contribution in [3.05, 3.63) is 35.5 Å². The smallest absolute Gasteiger partial charge is 0.299 e. The Labute approximate surface area is 145 Å². The van der Waals surface area contributed by atoms with Crippen molar-refractivity contribution in [3.63, 3.8) is 0 Å². The molecule has 24 heavy (non-hydrogen) atoms. The Hall–Kier alpha value is -1.82. The minimum Gasteiger partial charge on any atom is -0.332 e. The number of likely N-dealkylation sites (tertiary alicyclic amines) is 1. The summed E-state index contributed by atoms with van der Waals surface area (Å²) in [6.45, 7) is 2.84. The third-order valence-electron chi connectivity index (χ3n) is 4.93. The molecule has 0 radical (unpaired) electrons. The summed E-state index contributed by atoms with van der Waals surface area (Å²) in [5, 5.41) is 4.17. The van der Waals surface area contributed by atoms with Crippen LogP contribution in [-0.2, 0) is 4.79 Å². The number of carbonyl (C=O) groups excluding carboxylic acids is 2. The molecule has 6 heteroatoms. The molecule has 0 aromatic carbocycles. The van der Waals surface area contributed by atoms with Crippen molar-refractivity contribution in [2.75, 3.05) is 6.54 Å². The van der Waals surface area contributed by atoms with Gasteiger partial charge in [0, 0.05) is 12.5 Å². The van der Waals surface area contributed by atoms with E-state index in [-0.39, 0.29) is 22.4 Å². The van der Waals surface area contributed by atoms with Crippen LogP contribution < -0.4 is 5.43 Å². The molecule has 0 aromatic rings. The van der Waals surface area contributed by atoms with Crippen LogP contribution in [0.4, 0.5) is 4.79 Å². The number of carbonyl (C=O) groups is 2. The van der Waals surface area contributed by atoms with Gasteiger partial charge >= 0.3 is 0 Å². The van der Waals surface area contributed by atoms with Crippen LogP contribution in [0.2, 0.25) is 0 Å². The van der Waals surface area contributed by atoms with E-state index in [1.807, 2.05) is 24.0 Å². The van der Waals surface area contributed by atoms with Gasteiger partial charge in [0.2, 0.25) is 5.91 Å². The average molecular weight is 343 g/mol. The summed E-state index contributed by atoms with van der Waals surface area (Å²) in [4.78, 5) is 26.1. The number of piperidine rings is 1. The quantitative estimate of drug-likeness (QED) is 0.838. The molecule has 126 valence electrons. The Morgan fingerprint density at radius 3 is 3.00 bits per heavy atom. The molecular weight excluding hydrogens is 322 g/mol. The maximum Gasteiger partial charge on any atom is 0.299 e. The Morgan fingerprint density at radius 2 is 2.25 bits per heavy atom. The van der Waals surface area contributed by atoms with Crippen molar-refractivity contribution in [3.8, 4) is 0 Å². The summed E-state index contributed by atoms with van der Waals surface area (Å²) in [5.41, 5.74) is 5.75. The van der Waals surface area contributed by atoms with Crippen LogP contribution in [0.5, 0.6) is 0 Å². The number of thioether (sulfide) groups is 1. The average Bonchev–Trinajstić information content (AvgIpc) is 3.40. The molecule has 2 unspecified atom stereocenters. The number of hydrogen-bond acceptors (Lipinski definition) is 4. The van der Waals surface area contributed by atoms with Crippen LogP contribution in [0.1, 0.15) is 32.6 Å². The normalized spacial score (nSPS) is 29.8. The van der Waals surface area contributed by atoms with Crippen LogP contribution in [-0.4, -0.2) is 39.6 Å². The van der Waals surface area contributed by atoms with Gasteiger partial charge in [-0.1, -0.05) is 36.1 Å². The molecule has 2 amide bonds. The third kappa shape index (κ3) is 2.95. The molecule has 2 fully saturated rings. The summed E-state index contributed by atoms with van der Waals surface area (Å²) in [6, 6.07) is 0.0716. The summed E-state index contributed by atoms with van der Waals surface area (Å²) >= 11 is 1.26. The standard InChI is InChI=1S/C18H21N3O2S/c1-11-16(19-20-18(23)24-11)14-4-2-6-15-13(10-14)5-3-9-21(15)17(22)12-7-8-12/h2,4,6,10-12,15H,3,5,7-9H2,1H3,(H,20,23). The number of hydrogen-bond donors (Lipinski definition) is 1. The number of rotatable bonds is 2. The van der Waals surface area contributed by atoms with Crippen LogP contribution in [0.15, 0.2) is 40.6 Å². The van der Waals surface area contributed by atoms with Crippen molar-refractivity contribution in [1.29, 1.82) is 0 Å². The van der Waals surface area contributed by atoms with Gasteiger partial charge in [-0.2, -0.15) is 5.10 Å². The zero-order valence-corrected chi connectivity index (χ0v) is 14.5. The number of nitrogens with one attached hydrogen (secondary N) is 1. The van der Waals surface area contributed by atoms with Crippen molar-refractivity contribution < 1.29 is 9.59 Å². The molecular formula is C18H21N3O2S. The van der Waals surface area contributed by atoms with Crippen LogP contribution in [0, 0.1) is 5.92 Å².